The summed E-state index contributed by atoms with van der Waals surface area (Å²) in [7, 11) is 0. The van der Waals surface area contributed by atoms with Crippen LogP contribution in [0.2, 0.25) is 0 Å². The molecule has 3 aromatic rings. The van der Waals surface area contributed by atoms with Gasteiger partial charge in [0.15, 0.2) is 5.17 Å². The third-order valence-electron chi connectivity index (χ3n) is 4.23. The van der Waals surface area contributed by atoms with Crippen molar-refractivity contribution < 1.29 is 14.1 Å². The Bertz CT molecular complexity index is 1180. The number of nitro groups is 1. The van der Waals surface area contributed by atoms with Crippen LogP contribution in [0.3, 0.4) is 0 Å². The van der Waals surface area contributed by atoms with Crippen LogP contribution in [0.5, 0.6) is 0 Å². The molecule has 0 atom stereocenters. The van der Waals surface area contributed by atoms with Crippen molar-refractivity contribution in [1.82, 2.24) is 5.32 Å². The molecule has 8 heteroatoms. The number of aliphatic imine (C=N–C) groups is 1. The topological polar surface area (TPSA) is 97.7 Å². The quantitative estimate of drug-likeness (QED) is 0.372. The molecule has 1 saturated heterocycles. The minimum Gasteiger partial charge on any atom is -0.457 e. The molecule has 1 aliphatic rings. The lowest BCUT2D eigenvalue weighted by Gasteiger charge is -1.99. The van der Waals surface area contributed by atoms with E-state index in [9.17, 15) is 14.9 Å². The molecule has 1 aromatic heterocycles. The second kappa shape index (κ2) is 7.76. The maximum atomic E-state index is 12.3. The average Bonchev–Trinajstić information content (AvgIpc) is 3.31. The van der Waals surface area contributed by atoms with E-state index in [0.717, 1.165) is 11.3 Å². The number of carbonyl (C=O) groups is 1. The zero-order valence-corrected chi connectivity index (χ0v) is 16.1. The van der Waals surface area contributed by atoms with Crippen LogP contribution in [0.1, 0.15) is 11.3 Å². The van der Waals surface area contributed by atoms with Crippen molar-refractivity contribution in [3.8, 4) is 11.3 Å². The number of non-ortho nitro benzene ring substituents is 1. The van der Waals surface area contributed by atoms with Gasteiger partial charge < -0.3 is 9.73 Å². The first-order valence-electron chi connectivity index (χ1n) is 8.69. The van der Waals surface area contributed by atoms with E-state index in [4.69, 9.17) is 4.42 Å². The van der Waals surface area contributed by atoms with E-state index in [0.29, 0.717) is 27.2 Å². The highest BCUT2D eigenvalue weighted by Crippen LogP contribution is 2.31. The lowest BCUT2D eigenvalue weighted by atomic mass is 10.1. The number of aryl methyl sites for hydroxylation is 1. The summed E-state index contributed by atoms with van der Waals surface area (Å²) in [5.74, 6) is 0.703. The van der Waals surface area contributed by atoms with Gasteiger partial charge in [0, 0.05) is 23.8 Å². The Morgan fingerprint density at radius 2 is 1.97 bits per heavy atom. The summed E-state index contributed by atoms with van der Waals surface area (Å²) in [5, 5.41) is 14.2. The third kappa shape index (κ3) is 4.12. The number of benzene rings is 2. The fraction of sp³-hybridized carbons (Fsp3) is 0.0476. The normalized spacial score (nSPS) is 16.4. The van der Waals surface area contributed by atoms with Crippen LogP contribution in [0.15, 0.2) is 75.0 Å². The van der Waals surface area contributed by atoms with Crippen LogP contribution in [-0.2, 0) is 4.79 Å². The molecule has 0 radical (unpaired) electrons. The Hall–Kier alpha value is -3.65. The van der Waals surface area contributed by atoms with E-state index in [2.05, 4.69) is 10.3 Å². The van der Waals surface area contributed by atoms with Crippen molar-refractivity contribution in [1.29, 1.82) is 0 Å². The SMILES string of the molecule is Cc1ccccc1N=C1NC(=O)C(=Cc2ccc(-c3cccc([N+](=O)[O-])c3)o2)S1. The van der Waals surface area contributed by atoms with Gasteiger partial charge in [-0.2, -0.15) is 0 Å². The summed E-state index contributed by atoms with van der Waals surface area (Å²) in [6, 6.07) is 17.3. The number of carbonyl (C=O) groups excluding carboxylic acids is 1. The predicted octanol–water partition coefficient (Wildman–Crippen LogP) is 5.05. The first-order chi connectivity index (χ1) is 14.0. The van der Waals surface area contributed by atoms with Gasteiger partial charge in [0.05, 0.1) is 15.5 Å². The van der Waals surface area contributed by atoms with E-state index in [1.54, 1.807) is 30.3 Å². The Labute approximate surface area is 170 Å². The number of nitro benzene ring substituents is 1. The number of nitrogens with zero attached hydrogens (tertiary/aromatic N) is 2. The Balaban J connectivity index is 1.56. The monoisotopic (exact) mass is 405 g/mol. The van der Waals surface area contributed by atoms with Crippen LogP contribution in [0.25, 0.3) is 17.4 Å². The summed E-state index contributed by atoms with van der Waals surface area (Å²) >= 11 is 1.23. The maximum Gasteiger partial charge on any atom is 0.270 e. The van der Waals surface area contributed by atoms with Gasteiger partial charge in [-0.05, 0) is 42.4 Å². The fourth-order valence-corrected chi connectivity index (χ4v) is 3.58. The zero-order valence-electron chi connectivity index (χ0n) is 15.3. The molecule has 2 heterocycles. The number of para-hydroxylation sites is 1. The molecular formula is C21H15N3O4S. The largest absolute Gasteiger partial charge is 0.457 e. The van der Waals surface area contributed by atoms with E-state index in [1.807, 2.05) is 31.2 Å². The van der Waals surface area contributed by atoms with Gasteiger partial charge in [-0.15, -0.1) is 0 Å². The van der Waals surface area contributed by atoms with E-state index in [1.165, 1.54) is 23.9 Å². The number of rotatable bonds is 4. The smallest absolute Gasteiger partial charge is 0.270 e. The lowest BCUT2D eigenvalue weighted by molar-refractivity contribution is -0.384. The molecule has 0 unspecified atom stereocenters. The van der Waals surface area contributed by atoms with Crippen molar-refractivity contribution in [2.75, 3.05) is 0 Å². The second-order valence-corrected chi connectivity index (χ2v) is 7.31. The molecule has 4 rings (SSSR count). The number of amides is 1. The molecule has 29 heavy (non-hydrogen) atoms. The van der Waals surface area contributed by atoms with Gasteiger partial charge in [-0.25, -0.2) is 4.99 Å². The van der Waals surface area contributed by atoms with Crippen molar-refractivity contribution >= 4 is 40.3 Å². The summed E-state index contributed by atoms with van der Waals surface area (Å²) < 4.78 is 5.76. The molecule has 1 N–H and O–H groups in total. The Kier molecular flexibility index (Phi) is 5.01. The summed E-state index contributed by atoms with van der Waals surface area (Å²) in [5.41, 5.74) is 2.39. The third-order valence-corrected chi connectivity index (χ3v) is 5.14. The van der Waals surface area contributed by atoms with Crippen molar-refractivity contribution in [2.45, 2.75) is 6.92 Å². The highest BCUT2D eigenvalue weighted by molar-refractivity contribution is 8.18. The first kappa shape index (κ1) is 18.7. The van der Waals surface area contributed by atoms with Gasteiger partial charge in [-0.3, -0.25) is 14.9 Å². The van der Waals surface area contributed by atoms with Crippen LogP contribution in [-0.4, -0.2) is 16.0 Å². The number of furan rings is 1. The van der Waals surface area contributed by atoms with Crippen LogP contribution in [0.4, 0.5) is 11.4 Å². The molecule has 0 saturated carbocycles. The molecular weight excluding hydrogens is 390 g/mol. The van der Waals surface area contributed by atoms with Gasteiger partial charge in [0.2, 0.25) is 0 Å². The summed E-state index contributed by atoms with van der Waals surface area (Å²) in [6.07, 6.45) is 1.63. The number of amidine groups is 1. The molecule has 0 spiro atoms. The van der Waals surface area contributed by atoms with Gasteiger partial charge in [-0.1, -0.05) is 30.3 Å². The van der Waals surface area contributed by atoms with Gasteiger partial charge in [0.25, 0.3) is 11.6 Å². The Morgan fingerprint density at radius 1 is 1.14 bits per heavy atom. The predicted molar refractivity (Wildman–Crippen MR) is 113 cm³/mol. The molecule has 1 fully saturated rings. The fourth-order valence-electron chi connectivity index (χ4n) is 2.77. The van der Waals surface area contributed by atoms with Crippen molar-refractivity contribution in [3.05, 3.63) is 87.0 Å². The highest BCUT2D eigenvalue weighted by atomic mass is 32.2. The van der Waals surface area contributed by atoms with E-state index in [-0.39, 0.29) is 11.6 Å². The minimum atomic E-state index is -0.454. The minimum absolute atomic E-state index is 0.0124. The van der Waals surface area contributed by atoms with Gasteiger partial charge in [0.1, 0.15) is 11.5 Å². The molecule has 1 aliphatic heterocycles. The summed E-state index contributed by atoms with van der Waals surface area (Å²) in [4.78, 5) is 27.7. The molecule has 0 bridgehead atoms. The second-order valence-electron chi connectivity index (χ2n) is 6.28. The number of thioether (sulfide) groups is 1. The lowest BCUT2D eigenvalue weighted by Crippen LogP contribution is -2.19. The molecule has 0 aliphatic carbocycles. The first-order valence-corrected chi connectivity index (χ1v) is 9.51. The van der Waals surface area contributed by atoms with Crippen molar-refractivity contribution in [2.24, 2.45) is 4.99 Å². The molecule has 144 valence electrons. The van der Waals surface area contributed by atoms with E-state index >= 15 is 0 Å². The zero-order chi connectivity index (χ0) is 20.4. The van der Waals surface area contributed by atoms with Gasteiger partial charge >= 0.3 is 0 Å². The Morgan fingerprint density at radius 3 is 2.76 bits per heavy atom. The van der Waals surface area contributed by atoms with Crippen LogP contribution < -0.4 is 5.32 Å². The van der Waals surface area contributed by atoms with E-state index < -0.39 is 4.92 Å². The summed E-state index contributed by atoms with van der Waals surface area (Å²) in [6.45, 7) is 1.95. The number of hydrogen-bond donors (Lipinski definition) is 1. The number of hydrogen-bond acceptors (Lipinski definition) is 6. The maximum absolute atomic E-state index is 12.3. The van der Waals surface area contributed by atoms with Crippen molar-refractivity contribution in [3.63, 3.8) is 0 Å². The number of nitrogens with one attached hydrogen (secondary N) is 1. The molecule has 2 aromatic carbocycles. The van der Waals surface area contributed by atoms with Crippen LogP contribution in [0, 0.1) is 17.0 Å². The standard InChI is InChI=1S/C21H15N3O4S/c1-13-5-2-3-8-17(13)22-21-23-20(25)19(29-21)12-16-9-10-18(28-16)14-6-4-7-15(11-14)24(26)27/h2-12H,1H3,(H,22,23,25). The molecule has 7 nitrogen and oxygen atoms in total. The highest BCUT2D eigenvalue weighted by Gasteiger charge is 2.24. The van der Waals surface area contributed by atoms with Crippen LogP contribution >= 0.6 is 11.8 Å². The molecule has 1 amide bonds. The average molecular weight is 405 g/mol.